The highest BCUT2D eigenvalue weighted by atomic mass is 19.1. The van der Waals surface area contributed by atoms with Gasteiger partial charge in [-0.3, -0.25) is 9.59 Å². The molecule has 0 aliphatic carbocycles. The van der Waals surface area contributed by atoms with E-state index in [0.29, 0.717) is 5.69 Å². The second kappa shape index (κ2) is 6.84. The molecule has 19 heavy (non-hydrogen) atoms. The summed E-state index contributed by atoms with van der Waals surface area (Å²) in [6.45, 7) is 3.69. The van der Waals surface area contributed by atoms with Crippen LogP contribution in [0.3, 0.4) is 0 Å². The van der Waals surface area contributed by atoms with Crippen LogP contribution in [0.5, 0.6) is 0 Å². The first-order chi connectivity index (χ1) is 8.93. The molecule has 0 aromatic heterocycles. The lowest BCUT2D eigenvalue weighted by Gasteiger charge is -2.13. The molecule has 1 rings (SSSR count). The molecule has 104 valence electrons. The van der Waals surface area contributed by atoms with E-state index < -0.39 is 5.82 Å². The molecule has 0 atom stereocenters. The molecule has 1 aromatic carbocycles. The van der Waals surface area contributed by atoms with Gasteiger partial charge in [0.05, 0.1) is 11.4 Å². The number of amides is 2. The van der Waals surface area contributed by atoms with Gasteiger partial charge in [0.25, 0.3) is 0 Å². The quantitative estimate of drug-likeness (QED) is 0.759. The first-order valence-electron chi connectivity index (χ1n) is 6.04. The van der Waals surface area contributed by atoms with Crippen molar-refractivity contribution in [1.82, 2.24) is 0 Å². The van der Waals surface area contributed by atoms with Crippen molar-refractivity contribution in [2.75, 3.05) is 17.2 Å². The second-order valence-electron chi connectivity index (χ2n) is 4.42. The van der Waals surface area contributed by atoms with Crippen LogP contribution in [-0.2, 0) is 9.59 Å². The van der Waals surface area contributed by atoms with Gasteiger partial charge in [-0.15, -0.1) is 0 Å². The summed E-state index contributed by atoms with van der Waals surface area (Å²) < 4.78 is 13.2. The smallest absolute Gasteiger partial charge is 0.226 e. The summed E-state index contributed by atoms with van der Waals surface area (Å²) in [4.78, 5) is 23.1. The van der Waals surface area contributed by atoms with E-state index in [4.69, 9.17) is 5.73 Å². The summed E-state index contributed by atoms with van der Waals surface area (Å²) >= 11 is 0. The zero-order valence-corrected chi connectivity index (χ0v) is 11.0. The van der Waals surface area contributed by atoms with Gasteiger partial charge in [-0.1, -0.05) is 13.8 Å². The van der Waals surface area contributed by atoms with E-state index in [-0.39, 0.29) is 36.4 Å². The van der Waals surface area contributed by atoms with Crippen molar-refractivity contribution in [2.45, 2.75) is 20.3 Å². The number of rotatable bonds is 5. The van der Waals surface area contributed by atoms with E-state index in [1.807, 2.05) is 0 Å². The molecule has 0 unspecified atom stereocenters. The van der Waals surface area contributed by atoms with Crippen molar-refractivity contribution < 1.29 is 14.0 Å². The topological polar surface area (TPSA) is 84.2 Å². The second-order valence-corrected chi connectivity index (χ2v) is 4.42. The summed E-state index contributed by atoms with van der Waals surface area (Å²) in [5, 5.41) is 5.16. The Morgan fingerprint density at radius 1 is 1.26 bits per heavy atom. The van der Waals surface area contributed by atoms with Crippen LogP contribution in [0.15, 0.2) is 18.2 Å². The molecule has 0 saturated heterocycles. The minimum Gasteiger partial charge on any atom is -0.330 e. The van der Waals surface area contributed by atoms with E-state index >= 15 is 0 Å². The summed E-state index contributed by atoms with van der Waals surface area (Å²) in [7, 11) is 0. The molecule has 5 nitrogen and oxygen atoms in total. The Morgan fingerprint density at radius 3 is 2.53 bits per heavy atom. The number of anilines is 2. The van der Waals surface area contributed by atoms with Crippen LogP contribution >= 0.6 is 0 Å². The van der Waals surface area contributed by atoms with Gasteiger partial charge in [0.2, 0.25) is 11.8 Å². The molecule has 0 saturated carbocycles. The van der Waals surface area contributed by atoms with E-state index in [1.54, 1.807) is 13.8 Å². The van der Waals surface area contributed by atoms with Crippen LogP contribution in [-0.4, -0.2) is 18.4 Å². The minimum absolute atomic E-state index is 0.133. The molecule has 4 N–H and O–H groups in total. The Bertz CT molecular complexity index is 475. The molecular weight excluding hydrogens is 249 g/mol. The molecule has 6 heteroatoms. The highest BCUT2D eigenvalue weighted by molar-refractivity contribution is 6.00. The van der Waals surface area contributed by atoms with Gasteiger partial charge in [-0.25, -0.2) is 4.39 Å². The van der Waals surface area contributed by atoms with Crippen molar-refractivity contribution in [3.63, 3.8) is 0 Å². The SMILES string of the molecule is CC(C)C(=O)Nc1ccc(F)cc1NC(=O)CCN. The fraction of sp³-hybridized carbons (Fsp3) is 0.385. The van der Waals surface area contributed by atoms with Gasteiger partial charge < -0.3 is 16.4 Å². The number of hydrogen-bond acceptors (Lipinski definition) is 3. The van der Waals surface area contributed by atoms with Gasteiger partial charge in [0.1, 0.15) is 5.82 Å². The Balaban J connectivity index is 2.91. The van der Waals surface area contributed by atoms with Crippen molar-refractivity contribution in [1.29, 1.82) is 0 Å². The summed E-state index contributed by atoms with van der Waals surface area (Å²) in [6, 6.07) is 3.78. The fourth-order valence-electron chi connectivity index (χ4n) is 1.35. The van der Waals surface area contributed by atoms with Crippen LogP contribution in [0.4, 0.5) is 15.8 Å². The number of carbonyl (C=O) groups excluding carboxylic acids is 2. The van der Waals surface area contributed by atoms with Crippen molar-refractivity contribution in [2.24, 2.45) is 11.7 Å². The maximum atomic E-state index is 13.2. The van der Waals surface area contributed by atoms with Crippen LogP contribution < -0.4 is 16.4 Å². The Labute approximate surface area is 111 Å². The maximum absolute atomic E-state index is 13.2. The molecule has 2 amide bonds. The van der Waals surface area contributed by atoms with Crippen LogP contribution in [0.2, 0.25) is 0 Å². The average molecular weight is 267 g/mol. The Kier molecular flexibility index (Phi) is 5.44. The first kappa shape index (κ1) is 15.1. The van der Waals surface area contributed by atoms with E-state index in [2.05, 4.69) is 10.6 Å². The van der Waals surface area contributed by atoms with Crippen LogP contribution in [0.25, 0.3) is 0 Å². The van der Waals surface area contributed by atoms with Gasteiger partial charge >= 0.3 is 0 Å². The third kappa shape index (κ3) is 4.67. The number of hydrogen-bond donors (Lipinski definition) is 3. The average Bonchev–Trinajstić information content (AvgIpc) is 2.32. The molecule has 0 aliphatic heterocycles. The van der Waals surface area contributed by atoms with Crippen LogP contribution in [0, 0.1) is 11.7 Å². The monoisotopic (exact) mass is 267 g/mol. The summed E-state index contributed by atoms with van der Waals surface area (Å²) in [5.41, 5.74) is 5.86. The lowest BCUT2D eigenvalue weighted by Crippen LogP contribution is -2.21. The molecule has 0 heterocycles. The predicted molar refractivity (Wildman–Crippen MR) is 72.2 cm³/mol. The molecule has 0 bridgehead atoms. The Hall–Kier alpha value is -1.95. The van der Waals surface area contributed by atoms with E-state index in [0.717, 1.165) is 6.07 Å². The van der Waals surface area contributed by atoms with Crippen molar-refractivity contribution >= 4 is 23.2 Å². The van der Waals surface area contributed by atoms with Crippen molar-refractivity contribution in [3.8, 4) is 0 Å². The van der Waals surface area contributed by atoms with Crippen molar-refractivity contribution in [3.05, 3.63) is 24.0 Å². The normalized spacial score (nSPS) is 10.4. The van der Waals surface area contributed by atoms with E-state index in [1.165, 1.54) is 12.1 Å². The largest absolute Gasteiger partial charge is 0.330 e. The predicted octanol–water partition coefficient (Wildman–Crippen LogP) is 1.71. The van der Waals surface area contributed by atoms with E-state index in [9.17, 15) is 14.0 Å². The van der Waals surface area contributed by atoms with Gasteiger partial charge in [-0.2, -0.15) is 0 Å². The number of nitrogens with two attached hydrogens (primary N) is 1. The lowest BCUT2D eigenvalue weighted by molar-refractivity contribution is -0.119. The summed E-state index contributed by atoms with van der Waals surface area (Å²) in [5.74, 6) is -1.24. The third-order valence-corrected chi connectivity index (χ3v) is 2.41. The summed E-state index contributed by atoms with van der Waals surface area (Å²) in [6.07, 6.45) is 0.133. The third-order valence-electron chi connectivity index (χ3n) is 2.41. The molecule has 0 aliphatic rings. The number of nitrogens with one attached hydrogen (secondary N) is 2. The highest BCUT2D eigenvalue weighted by Crippen LogP contribution is 2.23. The zero-order valence-electron chi connectivity index (χ0n) is 11.0. The minimum atomic E-state index is -0.495. The van der Waals surface area contributed by atoms with Gasteiger partial charge in [0.15, 0.2) is 0 Å². The molecule has 0 fully saturated rings. The number of benzene rings is 1. The molecule has 0 radical (unpaired) electrons. The molecule has 1 aromatic rings. The first-order valence-corrected chi connectivity index (χ1v) is 6.04. The standard InChI is InChI=1S/C13H18FN3O2/c1-8(2)13(19)17-10-4-3-9(14)7-11(10)16-12(18)5-6-15/h3-4,7-8H,5-6,15H2,1-2H3,(H,16,18)(H,17,19). The molecule has 0 spiro atoms. The number of carbonyl (C=O) groups is 2. The lowest BCUT2D eigenvalue weighted by atomic mass is 10.2. The zero-order chi connectivity index (χ0) is 14.4. The highest BCUT2D eigenvalue weighted by Gasteiger charge is 2.12. The Morgan fingerprint density at radius 2 is 1.95 bits per heavy atom. The molecular formula is C13H18FN3O2. The fourth-order valence-corrected chi connectivity index (χ4v) is 1.35. The van der Waals surface area contributed by atoms with Crippen LogP contribution in [0.1, 0.15) is 20.3 Å². The van der Waals surface area contributed by atoms with Gasteiger partial charge in [0, 0.05) is 18.9 Å². The van der Waals surface area contributed by atoms with Gasteiger partial charge in [-0.05, 0) is 18.2 Å². The number of halogens is 1. The maximum Gasteiger partial charge on any atom is 0.226 e.